The summed E-state index contributed by atoms with van der Waals surface area (Å²) < 4.78 is 1.18. The second-order valence-electron chi connectivity index (χ2n) is 5.87. The Morgan fingerprint density at radius 1 is 1.21 bits per heavy atom. The molecule has 0 radical (unpaired) electrons. The number of aryl methyl sites for hydroxylation is 2. The highest BCUT2D eigenvalue weighted by atomic mass is 79.9. The molecule has 1 aromatic rings. The van der Waals surface area contributed by atoms with Crippen molar-refractivity contribution in [2.24, 2.45) is 5.92 Å². The SMILES string of the molecule is CNC1CCN(c2c(C)cc(Br)cc2C)C(C)C1C. The number of benzene rings is 1. The third-order valence-electron chi connectivity index (χ3n) is 4.68. The second-order valence-corrected chi connectivity index (χ2v) is 6.78. The maximum atomic E-state index is 3.59. The molecule has 1 heterocycles. The summed E-state index contributed by atoms with van der Waals surface area (Å²) in [6.45, 7) is 10.3. The van der Waals surface area contributed by atoms with E-state index >= 15 is 0 Å². The molecule has 1 aliphatic heterocycles. The average molecular weight is 325 g/mol. The Hall–Kier alpha value is -0.540. The Morgan fingerprint density at radius 3 is 2.32 bits per heavy atom. The van der Waals surface area contributed by atoms with Crippen LogP contribution < -0.4 is 10.2 Å². The zero-order valence-corrected chi connectivity index (χ0v) is 14.2. The molecular formula is C16H25BrN2. The van der Waals surface area contributed by atoms with Gasteiger partial charge in [-0.05, 0) is 63.4 Å². The van der Waals surface area contributed by atoms with Gasteiger partial charge in [0.15, 0.2) is 0 Å². The predicted molar refractivity (Wildman–Crippen MR) is 87.1 cm³/mol. The van der Waals surface area contributed by atoms with Crippen LogP contribution in [0.2, 0.25) is 0 Å². The van der Waals surface area contributed by atoms with Gasteiger partial charge in [0.1, 0.15) is 0 Å². The van der Waals surface area contributed by atoms with Gasteiger partial charge in [0.2, 0.25) is 0 Å². The smallest absolute Gasteiger partial charge is 0.0428 e. The molecule has 3 heteroatoms. The van der Waals surface area contributed by atoms with E-state index in [1.165, 1.54) is 27.7 Å². The Kier molecular flexibility index (Phi) is 4.57. The zero-order chi connectivity index (χ0) is 14.2. The highest BCUT2D eigenvalue weighted by Gasteiger charge is 2.32. The van der Waals surface area contributed by atoms with Crippen LogP contribution in [0.1, 0.15) is 31.4 Å². The number of nitrogens with zero attached hydrogens (tertiary/aromatic N) is 1. The van der Waals surface area contributed by atoms with E-state index in [1.807, 2.05) is 0 Å². The van der Waals surface area contributed by atoms with Gasteiger partial charge in [0.05, 0.1) is 0 Å². The van der Waals surface area contributed by atoms with Crippen molar-refractivity contribution >= 4 is 21.6 Å². The molecular weight excluding hydrogens is 300 g/mol. The molecule has 1 saturated heterocycles. The molecule has 1 N–H and O–H groups in total. The normalized spacial score (nSPS) is 27.7. The maximum Gasteiger partial charge on any atom is 0.0428 e. The Morgan fingerprint density at radius 2 is 1.79 bits per heavy atom. The van der Waals surface area contributed by atoms with Gasteiger partial charge in [-0.25, -0.2) is 0 Å². The summed E-state index contributed by atoms with van der Waals surface area (Å²) in [7, 11) is 2.08. The summed E-state index contributed by atoms with van der Waals surface area (Å²) in [6, 6.07) is 5.67. The number of halogens is 1. The largest absolute Gasteiger partial charge is 0.368 e. The molecule has 3 atom stereocenters. The van der Waals surface area contributed by atoms with Crippen LogP contribution in [0.5, 0.6) is 0 Å². The first-order valence-corrected chi connectivity index (χ1v) is 7.95. The molecule has 1 aromatic carbocycles. The first-order valence-electron chi connectivity index (χ1n) is 7.16. The van der Waals surface area contributed by atoms with Crippen LogP contribution >= 0.6 is 15.9 Å². The molecule has 2 nitrogen and oxygen atoms in total. The summed E-state index contributed by atoms with van der Waals surface area (Å²) in [5, 5.41) is 3.46. The fraction of sp³-hybridized carbons (Fsp3) is 0.625. The molecule has 0 aromatic heterocycles. The van der Waals surface area contributed by atoms with Crippen LogP contribution in [0.4, 0.5) is 5.69 Å². The van der Waals surface area contributed by atoms with Crippen molar-refractivity contribution in [3.05, 3.63) is 27.7 Å². The van der Waals surface area contributed by atoms with Gasteiger partial charge < -0.3 is 10.2 Å². The molecule has 0 aliphatic carbocycles. The van der Waals surface area contributed by atoms with Crippen molar-refractivity contribution in [2.45, 2.75) is 46.2 Å². The van der Waals surface area contributed by atoms with Gasteiger partial charge in [0, 0.05) is 28.8 Å². The van der Waals surface area contributed by atoms with Gasteiger partial charge >= 0.3 is 0 Å². The van der Waals surface area contributed by atoms with E-state index < -0.39 is 0 Å². The lowest BCUT2D eigenvalue weighted by molar-refractivity contribution is 0.282. The van der Waals surface area contributed by atoms with E-state index in [2.05, 4.69) is 73.0 Å². The lowest BCUT2D eigenvalue weighted by Crippen LogP contribution is -2.53. The van der Waals surface area contributed by atoms with Crippen molar-refractivity contribution < 1.29 is 0 Å². The number of nitrogens with one attached hydrogen (secondary N) is 1. The van der Waals surface area contributed by atoms with Crippen molar-refractivity contribution in [3.63, 3.8) is 0 Å². The maximum absolute atomic E-state index is 3.59. The monoisotopic (exact) mass is 324 g/mol. The number of hydrogen-bond donors (Lipinski definition) is 1. The average Bonchev–Trinajstić information content (AvgIpc) is 2.33. The minimum atomic E-state index is 0.574. The highest BCUT2D eigenvalue weighted by Crippen LogP contribution is 2.34. The Labute approximate surface area is 125 Å². The molecule has 1 fully saturated rings. The van der Waals surface area contributed by atoms with Crippen molar-refractivity contribution in [2.75, 3.05) is 18.5 Å². The van der Waals surface area contributed by atoms with Crippen LogP contribution in [-0.2, 0) is 0 Å². The quantitative estimate of drug-likeness (QED) is 0.887. The molecule has 3 unspecified atom stereocenters. The number of piperidine rings is 1. The standard InChI is InChI=1S/C16H25BrN2/c1-10-8-14(17)9-11(2)16(10)19-7-6-15(18-5)12(3)13(19)4/h8-9,12-13,15,18H,6-7H2,1-5H3. The van der Waals surface area contributed by atoms with E-state index in [0.29, 0.717) is 18.0 Å². The van der Waals surface area contributed by atoms with E-state index in [4.69, 9.17) is 0 Å². The highest BCUT2D eigenvalue weighted by molar-refractivity contribution is 9.10. The van der Waals surface area contributed by atoms with Gasteiger partial charge in [0.25, 0.3) is 0 Å². The van der Waals surface area contributed by atoms with Gasteiger partial charge in [-0.3, -0.25) is 0 Å². The van der Waals surface area contributed by atoms with E-state index in [9.17, 15) is 0 Å². The molecule has 1 aliphatic rings. The summed E-state index contributed by atoms with van der Waals surface area (Å²) in [6.07, 6.45) is 1.22. The van der Waals surface area contributed by atoms with Crippen molar-refractivity contribution in [1.29, 1.82) is 0 Å². The number of hydrogen-bond acceptors (Lipinski definition) is 2. The topological polar surface area (TPSA) is 15.3 Å². The van der Waals surface area contributed by atoms with E-state index in [-0.39, 0.29) is 0 Å². The van der Waals surface area contributed by atoms with Crippen LogP contribution in [0.25, 0.3) is 0 Å². The molecule has 19 heavy (non-hydrogen) atoms. The van der Waals surface area contributed by atoms with Crippen molar-refractivity contribution in [1.82, 2.24) is 5.32 Å². The van der Waals surface area contributed by atoms with E-state index in [0.717, 1.165) is 6.54 Å². The number of anilines is 1. The van der Waals surface area contributed by atoms with Crippen LogP contribution in [0.3, 0.4) is 0 Å². The van der Waals surface area contributed by atoms with Gasteiger partial charge in [-0.2, -0.15) is 0 Å². The molecule has 2 rings (SSSR count). The summed E-state index contributed by atoms with van der Waals surface area (Å²) in [5.74, 6) is 0.668. The summed E-state index contributed by atoms with van der Waals surface area (Å²) >= 11 is 3.59. The molecule has 0 spiro atoms. The molecule has 0 bridgehead atoms. The predicted octanol–water partition coefficient (Wildman–Crippen LogP) is 3.89. The lowest BCUT2D eigenvalue weighted by Gasteiger charge is -2.45. The minimum Gasteiger partial charge on any atom is -0.368 e. The molecule has 106 valence electrons. The zero-order valence-electron chi connectivity index (χ0n) is 12.6. The fourth-order valence-electron chi connectivity index (χ4n) is 3.44. The second kappa shape index (κ2) is 5.84. The lowest BCUT2D eigenvalue weighted by atomic mass is 9.86. The van der Waals surface area contributed by atoms with Crippen molar-refractivity contribution in [3.8, 4) is 0 Å². The fourth-order valence-corrected chi connectivity index (χ4v) is 4.13. The third-order valence-corrected chi connectivity index (χ3v) is 5.14. The first kappa shape index (κ1) is 14.9. The summed E-state index contributed by atoms with van der Waals surface area (Å²) in [4.78, 5) is 2.59. The Balaban J connectivity index is 2.33. The molecule has 0 saturated carbocycles. The molecule has 0 amide bonds. The number of rotatable bonds is 2. The van der Waals surface area contributed by atoms with Crippen LogP contribution in [0.15, 0.2) is 16.6 Å². The van der Waals surface area contributed by atoms with Crippen LogP contribution in [-0.4, -0.2) is 25.7 Å². The first-order chi connectivity index (χ1) is 8.95. The summed E-state index contributed by atoms with van der Waals surface area (Å²) in [5.41, 5.74) is 4.17. The van der Waals surface area contributed by atoms with Crippen LogP contribution in [0, 0.1) is 19.8 Å². The Bertz CT molecular complexity index is 435. The van der Waals surface area contributed by atoms with E-state index in [1.54, 1.807) is 0 Å². The van der Waals surface area contributed by atoms with Gasteiger partial charge in [-0.15, -0.1) is 0 Å². The minimum absolute atomic E-state index is 0.574. The van der Waals surface area contributed by atoms with Gasteiger partial charge in [-0.1, -0.05) is 22.9 Å². The third kappa shape index (κ3) is 2.82.